The highest BCUT2D eigenvalue weighted by molar-refractivity contribution is 7.89. The summed E-state index contributed by atoms with van der Waals surface area (Å²) >= 11 is 0. The summed E-state index contributed by atoms with van der Waals surface area (Å²) in [5, 5.41) is 2.94. The van der Waals surface area contributed by atoms with Gasteiger partial charge in [-0.05, 0) is 50.5 Å². The average Bonchev–Trinajstić information content (AvgIpc) is 2.87. The maximum absolute atomic E-state index is 12.4. The van der Waals surface area contributed by atoms with Crippen molar-refractivity contribution in [3.8, 4) is 0 Å². The summed E-state index contributed by atoms with van der Waals surface area (Å²) in [7, 11) is -3.20. The number of amides is 1. The van der Waals surface area contributed by atoms with Crippen LogP contribution < -0.4 is 5.32 Å². The van der Waals surface area contributed by atoms with Crippen LogP contribution in [0.3, 0.4) is 0 Å². The van der Waals surface area contributed by atoms with Crippen molar-refractivity contribution < 1.29 is 17.6 Å². The van der Waals surface area contributed by atoms with Gasteiger partial charge in [-0.3, -0.25) is 4.79 Å². The predicted octanol–water partition coefficient (Wildman–Crippen LogP) is 2.88. The second-order valence-electron chi connectivity index (χ2n) is 6.78. The number of benzene rings is 1. The monoisotopic (exact) mass is 349 g/mol. The Morgan fingerprint density at radius 1 is 1.17 bits per heavy atom. The lowest BCUT2D eigenvalue weighted by molar-refractivity contribution is 0.0883. The van der Waals surface area contributed by atoms with Crippen LogP contribution in [0.25, 0.3) is 0 Å². The first-order chi connectivity index (χ1) is 11.1. The van der Waals surface area contributed by atoms with Crippen LogP contribution in [0.2, 0.25) is 0 Å². The highest BCUT2D eigenvalue weighted by Gasteiger charge is 2.24. The number of rotatable bonds is 6. The molecule has 1 aromatic carbocycles. The topological polar surface area (TPSA) is 76.4 Å². The molecule has 0 unspecified atom stereocenters. The fourth-order valence-corrected chi connectivity index (χ4v) is 3.21. The molecule has 2 rings (SSSR count). The van der Waals surface area contributed by atoms with Gasteiger partial charge in [-0.15, -0.1) is 0 Å². The van der Waals surface area contributed by atoms with Crippen molar-refractivity contribution >= 4 is 15.7 Å². The number of hydrogen-bond acceptors (Lipinski definition) is 4. The molecule has 1 aromatic heterocycles. The van der Waals surface area contributed by atoms with Crippen LogP contribution in [0.15, 0.2) is 40.8 Å². The van der Waals surface area contributed by atoms with E-state index in [1.165, 1.54) is 23.3 Å². The van der Waals surface area contributed by atoms with Crippen LogP contribution in [0.1, 0.15) is 41.3 Å². The minimum Gasteiger partial charge on any atom is -0.455 e. The van der Waals surface area contributed by atoms with Gasteiger partial charge in [0.15, 0.2) is 15.6 Å². The van der Waals surface area contributed by atoms with E-state index in [0.29, 0.717) is 6.42 Å². The van der Waals surface area contributed by atoms with Crippen molar-refractivity contribution in [3.05, 3.63) is 59.0 Å². The maximum Gasteiger partial charge on any atom is 0.287 e. The zero-order valence-electron chi connectivity index (χ0n) is 14.4. The lowest BCUT2D eigenvalue weighted by atomic mass is 9.92. The van der Waals surface area contributed by atoms with Crippen molar-refractivity contribution in [2.75, 3.05) is 6.26 Å². The fraction of sp³-hybridized carbons (Fsp3) is 0.389. The molecular formula is C18H23NO4S. The molecule has 0 radical (unpaired) electrons. The summed E-state index contributed by atoms with van der Waals surface area (Å²) in [6.45, 7) is 5.92. The van der Waals surface area contributed by atoms with Gasteiger partial charge in [-0.1, -0.05) is 24.3 Å². The van der Waals surface area contributed by atoms with Crippen LogP contribution >= 0.6 is 0 Å². The van der Waals surface area contributed by atoms with Crippen molar-refractivity contribution in [2.24, 2.45) is 0 Å². The Morgan fingerprint density at radius 2 is 1.83 bits per heavy atom. The van der Waals surface area contributed by atoms with Gasteiger partial charge in [-0.2, -0.15) is 0 Å². The molecule has 0 aliphatic heterocycles. The number of carbonyl (C=O) groups excluding carboxylic acids is 1. The zero-order valence-corrected chi connectivity index (χ0v) is 15.2. The van der Waals surface area contributed by atoms with Gasteiger partial charge in [0.25, 0.3) is 5.91 Å². The fourth-order valence-electron chi connectivity index (χ4n) is 2.53. The SMILES string of the molecule is Cc1ccccc1CC(C)(C)NC(=O)c1ccc(CS(C)(=O)=O)o1. The minimum absolute atomic E-state index is 0.117. The first-order valence-corrected chi connectivity index (χ1v) is 9.75. The summed E-state index contributed by atoms with van der Waals surface area (Å²) in [4.78, 5) is 12.4. The maximum atomic E-state index is 12.4. The quantitative estimate of drug-likeness (QED) is 0.870. The molecule has 1 amide bonds. The van der Waals surface area contributed by atoms with Crippen LogP contribution in [-0.2, 0) is 22.0 Å². The Kier molecular flexibility index (Phi) is 5.18. The van der Waals surface area contributed by atoms with Crippen molar-refractivity contribution in [3.63, 3.8) is 0 Å². The van der Waals surface area contributed by atoms with E-state index < -0.39 is 15.4 Å². The summed E-state index contributed by atoms with van der Waals surface area (Å²) in [5.74, 6) is -0.188. The molecule has 0 bridgehead atoms. The highest BCUT2D eigenvalue weighted by atomic mass is 32.2. The van der Waals surface area contributed by atoms with Gasteiger partial charge in [0.05, 0.1) is 0 Å². The molecule has 2 aromatic rings. The van der Waals surface area contributed by atoms with Crippen molar-refractivity contribution in [1.82, 2.24) is 5.32 Å². The second-order valence-corrected chi connectivity index (χ2v) is 8.92. The zero-order chi connectivity index (χ0) is 18.0. The minimum atomic E-state index is -3.20. The molecule has 24 heavy (non-hydrogen) atoms. The van der Waals surface area contributed by atoms with Crippen LogP contribution in [0.5, 0.6) is 0 Å². The van der Waals surface area contributed by atoms with Crippen LogP contribution in [0, 0.1) is 6.92 Å². The Hall–Kier alpha value is -2.08. The van der Waals surface area contributed by atoms with Crippen molar-refractivity contribution in [2.45, 2.75) is 38.5 Å². The number of sulfone groups is 1. The number of aryl methyl sites for hydroxylation is 1. The molecule has 1 heterocycles. The summed E-state index contributed by atoms with van der Waals surface area (Å²) < 4.78 is 27.9. The van der Waals surface area contributed by atoms with E-state index in [1.807, 2.05) is 45.0 Å². The summed E-state index contributed by atoms with van der Waals surface area (Å²) in [5.41, 5.74) is 1.88. The van der Waals surface area contributed by atoms with Gasteiger partial charge in [0.1, 0.15) is 11.5 Å². The third-order valence-corrected chi connectivity index (χ3v) is 4.44. The molecule has 0 saturated carbocycles. The first-order valence-electron chi connectivity index (χ1n) is 7.69. The van der Waals surface area contributed by atoms with E-state index in [0.717, 1.165) is 6.26 Å². The van der Waals surface area contributed by atoms with E-state index in [1.54, 1.807) is 0 Å². The molecule has 0 atom stereocenters. The normalized spacial score (nSPS) is 12.2. The molecule has 130 valence electrons. The van der Waals surface area contributed by atoms with E-state index >= 15 is 0 Å². The largest absolute Gasteiger partial charge is 0.455 e. The molecule has 0 spiro atoms. The standard InChI is InChI=1S/C18H23NO4S/c1-13-7-5-6-8-14(13)11-18(2,3)19-17(20)16-10-9-15(23-16)12-24(4,21)22/h5-10H,11-12H2,1-4H3,(H,19,20). The molecule has 1 N–H and O–H groups in total. The van der Waals surface area contributed by atoms with Gasteiger partial charge in [-0.25, -0.2) is 8.42 Å². The number of carbonyl (C=O) groups is 1. The Labute approximate surface area is 143 Å². The molecule has 0 aliphatic carbocycles. The highest BCUT2D eigenvalue weighted by Crippen LogP contribution is 2.18. The predicted molar refractivity (Wildman–Crippen MR) is 93.7 cm³/mol. The van der Waals surface area contributed by atoms with E-state index in [-0.39, 0.29) is 23.2 Å². The molecule has 0 saturated heterocycles. The Morgan fingerprint density at radius 3 is 2.46 bits per heavy atom. The number of nitrogens with one attached hydrogen (secondary N) is 1. The molecule has 5 nitrogen and oxygen atoms in total. The molecular weight excluding hydrogens is 326 g/mol. The van der Waals surface area contributed by atoms with Crippen LogP contribution in [0.4, 0.5) is 0 Å². The Bertz CT molecular complexity index is 834. The Balaban J connectivity index is 2.06. The molecule has 0 fully saturated rings. The molecule has 6 heteroatoms. The van der Waals surface area contributed by atoms with Gasteiger partial charge in [0.2, 0.25) is 0 Å². The van der Waals surface area contributed by atoms with Crippen molar-refractivity contribution in [1.29, 1.82) is 0 Å². The van der Waals surface area contributed by atoms with E-state index in [2.05, 4.69) is 5.32 Å². The lowest BCUT2D eigenvalue weighted by Gasteiger charge is -2.26. The number of hydrogen-bond donors (Lipinski definition) is 1. The van der Waals surface area contributed by atoms with E-state index in [9.17, 15) is 13.2 Å². The number of furan rings is 1. The van der Waals surface area contributed by atoms with Gasteiger partial charge < -0.3 is 9.73 Å². The third kappa shape index (κ3) is 5.23. The van der Waals surface area contributed by atoms with Crippen LogP contribution in [-0.4, -0.2) is 26.1 Å². The lowest BCUT2D eigenvalue weighted by Crippen LogP contribution is -2.45. The summed E-state index contributed by atoms with van der Waals surface area (Å²) in [6, 6.07) is 11.1. The van der Waals surface area contributed by atoms with Gasteiger partial charge >= 0.3 is 0 Å². The second kappa shape index (κ2) is 6.81. The molecule has 0 aliphatic rings. The first kappa shape index (κ1) is 18.3. The summed E-state index contributed by atoms with van der Waals surface area (Å²) in [6.07, 6.45) is 1.81. The van der Waals surface area contributed by atoms with E-state index in [4.69, 9.17) is 4.42 Å². The van der Waals surface area contributed by atoms with Gasteiger partial charge in [0, 0.05) is 11.8 Å². The smallest absolute Gasteiger partial charge is 0.287 e. The average molecular weight is 349 g/mol. The third-order valence-electron chi connectivity index (χ3n) is 3.64.